The lowest BCUT2D eigenvalue weighted by atomic mass is 9.73. The molecule has 1 aliphatic heterocycles. The van der Waals surface area contributed by atoms with Crippen molar-refractivity contribution in [2.45, 2.75) is 84.6 Å². The van der Waals surface area contributed by atoms with Gasteiger partial charge in [0.1, 0.15) is 5.60 Å². The van der Waals surface area contributed by atoms with Crippen LogP contribution in [-0.2, 0) is 24.3 Å². The predicted octanol–water partition coefficient (Wildman–Crippen LogP) is 2.67. The number of nitrogens with zero attached hydrogens (tertiary/aromatic N) is 1. The number of hydrogen-bond acceptors (Lipinski definition) is 6. The molecule has 1 rings (SSSR count). The summed E-state index contributed by atoms with van der Waals surface area (Å²) in [7, 11) is -3.65. The third kappa shape index (κ3) is 5.83. The molecule has 1 fully saturated rings. The Morgan fingerprint density at radius 2 is 1.61 bits per heavy atom. The van der Waals surface area contributed by atoms with Crippen molar-refractivity contribution >= 4 is 22.1 Å². The van der Waals surface area contributed by atoms with Gasteiger partial charge in [-0.2, -0.15) is 0 Å². The Labute approximate surface area is 169 Å². The van der Waals surface area contributed by atoms with Gasteiger partial charge in [0.25, 0.3) is 0 Å². The minimum absolute atomic E-state index is 0.203. The van der Waals surface area contributed by atoms with Crippen LogP contribution in [0.3, 0.4) is 0 Å². The SMILES string of the molecule is CCOC(=O)C1(C(C)NS(=O)(=O)C(C)(C)C)CCN(C(=O)OC(C)(C)C)CC1. The molecule has 0 aliphatic carbocycles. The third-order valence-electron chi connectivity index (χ3n) is 4.96. The maximum absolute atomic E-state index is 12.8. The molecule has 1 atom stereocenters. The fourth-order valence-corrected chi connectivity index (χ4v) is 4.07. The van der Waals surface area contributed by atoms with E-state index in [0.717, 1.165) is 0 Å². The van der Waals surface area contributed by atoms with Gasteiger partial charge in [-0.25, -0.2) is 17.9 Å². The largest absolute Gasteiger partial charge is 0.466 e. The van der Waals surface area contributed by atoms with Gasteiger partial charge in [0.2, 0.25) is 10.0 Å². The molecule has 0 aromatic rings. The number of carbonyl (C=O) groups is 2. The molecule has 0 saturated carbocycles. The maximum Gasteiger partial charge on any atom is 0.410 e. The van der Waals surface area contributed by atoms with Crippen LogP contribution >= 0.6 is 0 Å². The highest BCUT2D eigenvalue weighted by atomic mass is 32.2. The van der Waals surface area contributed by atoms with Crippen LogP contribution in [0.5, 0.6) is 0 Å². The number of esters is 1. The normalized spacial score (nSPS) is 19.1. The van der Waals surface area contributed by atoms with Gasteiger partial charge < -0.3 is 14.4 Å². The van der Waals surface area contributed by atoms with Crippen molar-refractivity contribution in [2.24, 2.45) is 5.41 Å². The Hall–Kier alpha value is -1.35. The highest BCUT2D eigenvalue weighted by Gasteiger charge is 2.50. The second kappa shape index (κ2) is 8.57. The fraction of sp³-hybridized carbons (Fsp3) is 0.895. The molecule has 0 radical (unpaired) electrons. The number of piperidine rings is 1. The summed E-state index contributed by atoms with van der Waals surface area (Å²) < 4.78 is 37.6. The van der Waals surface area contributed by atoms with E-state index in [1.54, 1.807) is 60.3 Å². The summed E-state index contributed by atoms with van der Waals surface area (Å²) in [6, 6.07) is -0.670. The Kier molecular flexibility index (Phi) is 7.55. The molecule has 1 N–H and O–H groups in total. The van der Waals surface area contributed by atoms with E-state index in [1.165, 1.54) is 0 Å². The van der Waals surface area contributed by atoms with Crippen LogP contribution in [0, 0.1) is 5.41 Å². The number of ether oxygens (including phenoxy) is 2. The Morgan fingerprint density at radius 3 is 2.00 bits per heavy atom. The number of hydrogen-bond donors (Lipinski definition) is 1. The summed E-state index contributed by atoms with van der Waals surface area (Å²) in [6.07, 6.45) is 0.144. The molecular weight excluding hydrogens is 384 g/mol. The van der Waals surface area contributed by atoms with Gasteiger partial charge in [0.15, 0.2) is 0 Å². The highest BCUT2D eigenvalue weighted by molar-refractivity contribution is 7.90. The zero-order valence-electron chi connectivity index (χ0n) is 18.4. The van der Waals surface area contributed by atoms with Gasteiger partial charge in [-0.05, 0) is 68.2 Å². The van der Waals surface area contributed by atoms with Crippen molar-refractivity contribution < 1.29 is 27.5 Å². The zero-order valence-corrected chi connectivity index (χ0v) is 19.2. The summed E-state index contributed by atoms with van der Waals surface area (Å²) in [5, 5.41) is 0. The smallest absolute Gasteiger partial charge is 0.410 e. The lowest BCUT2D eigenvalue weighted by molar-refractivity contribution is -0.160. The van der Waals surface area contributed by atoms with E-state index in [2.05, 4.69) is 4.72 Å². The van der Waals surface area contributed by atoms with Crippen LogP contribution in [0.2, 0.25) is 0 Å². The van der Waals surface area contributed by atoms with Crippen molar-refractivity contribution in [1.29, 1.82) is 0 Å². The molecule has 9 heteroatoms. The molecule has 1 unspecified atom stereocenters. The van der Waals surface area contributed by atoms with Crippen LogP contribution in [0.25, 0.3) is 0 Å². The first kappa shape index (κ1) is 24.7. The number of rotatable bonds is 5. The lowest BCUT2D eigenvalue weighted by Crippen LogP contribution is -2.58. The Balaban J connectivity index is 3.03. The highest BCUT2D eigenvalue weighted by Crippen LogP contribution is 2.38. The van der Waals surface area contributed by atoms with Crippen LogP contribution in [0.1, 0.15) is 68.2 Å². The minimum atomic E-state index is -3.65. The van der Waals surface area contributed by atoms with E-state index in [4.69, 9.17) is 9.47 Å². The van der Waals surface area contributed by atoms with E-state index in [9.17, 15) is 18.0 Å². The van der Waals surface area contributed by atoms with Crippen LogP contribution < -0.4 is 4.72 Å². The number of likely N-dealkylation sites (tertiary alicyclic amines) is 1. The van der Waals surface area contributed by atoms with E-state index in [1.807, 2.05) is 0 Å². The molecule has 8 nitrogen and oxygen atoms in total. The van der Waals surface area contributed by atoms with Crippen LogP contribution in [0.15, 0.2) is 0 Å². The standard InChI is InChI=1S/C19H36N2O6S/c1-9-26-15(22)19(14(2)20-28(24,25)18(6,7)8)10-12-21(13-11-19)16(23)27-17(3,4)5/h14,20H,9-13H2,1-8H3. The maximum atomic E-state index is 12.8. The molecule has 28 heavy (non-hydrogen) atoms. The molecule has 164 valence electrons. The van der Waals surface area contributed by atoms with Gasteiger partial charge in [0, 0.05) is 19.1 Å². The monoisotopic (exact) mass is 420 g/mol. The van der Waals surface area contributed by atoms with Crippen molar-refractivity contribution in [3.63, 3.8) is 0 Å². The average Bonchev–Trinajstić information content (AvgIpc) is 2.51. The van der Waals surface area contributed by atoms with E-state index < -0.39 is 43.9 Å². The number of amides is 1. The van der Waals surface area contributed by atoms with E-state index in [-0.39, 0.29) is 19.7 Å². The number of nitrogens with one attached hydrogen (secondary N) is 1. The average molecular weight is 421 g/mol. The molecule has 1 amide bonds. The van der Waals surface area contributed by atoms with Crippen molar-refractivity contribution in [3.8, 4) is 0 Å². The third-order valence-corrected chi connectivity index (χ3v) is 7.23. The predicted molar refractivity (Wildman–Crippen MR) is 107 cm³/mol. The quantitative estimate of drug-likeness (QED) is 0.686. The summed E-state index contributed by atoms with van der Waals surface area (Å²) in [5.74, 6) is -0.442. The van der Waals surface area contributed by atoms with Crippen LogP contribution in [0.4, 0.5) is 4.79 Å². The van der Waals surface area contributed by atoms with Gasteiger partial charge >= 0.3 is 12.1 Å². The van der Waals surface area contributed by atoms with Gasteiger partial charge in [0.05, 0.1) is 16.8 Å². The first-order chi connectivity index (χ1) is 12.6. The molecule has 0 aromatic carbocycles. The summed E-state index contributed by atoms with van der Waals surface area (Å²) in [4.78, 5) is 26.7. The molecular formula is C19H36N2O6S. The summed E-state index contributed by atoms with van der Waals surface area (Å²) in [6.45, 7) is 14.4. The van der Waals surface area contributed by atoms with Gasteiger partial charge in [-0.3, -0.25) is 4.79 Å². The van der Waals surface area contributed by atoms with Crippen molar-refractivity contribution in [3.05, 3.63) is 0 Å². The molecule has 1 saturated heterocycles. The van der Waals surface area contributed by atoms with Gasteiger partial charge in [-0.15, -0.1) is 0 Å². The van der Waals surface area contributed by atoms with Crippen molar-refractivity contribution in [1.82, 2.24) is 9.62 Å². The Bertz CT molecular complexity index is 668. The first-order valence-corrected chi connectivity index (χ1v) is 11.2. The summed E-state index contributed by atoms with van der Waals surface area (Å²) in [5.41, 5.74) is -1.64. The van der Waals surface area contributed by atoms with E-state index in [0.29, 0.717) is 12.8 Å². The molecule has 1 heterocycles. The lowest BCUT2D eigenvalue weighted by Gasteiger charge is -2.44. The Morgan fingerprint density at radius 1 is 1.11 bits per heavy atom. The first-order valence-electron chi connectivity index (χ1n) is 9.73. The molecule has 0 spiro atoms. The molecule has 1 aliphatic rings. The zero-order chi connectivity index (χ0) is 22.0. The fourth-order valence-electron chi connectivity index (χ4n) is 3.03. The molecule has 0 aromatic heterocycles. The second-order valence-electron chi connectivity index (χ2n) is 9.30. The topological polar surface area (TPSA) is 102 Å². The van der Waals surface area contributed by atoms with E-state index >= 15 is 0 Å². The van der Waals surface area contributed by atoms with Gasteiger partial charge in [-0.1, -0.05) is 0 Å². The summed E-state index contributed by atoms with van der Waals surface area (Å²) >= 11 is 0. The van der Waals surface area contributed by atoms with Crippen molar-refractivity contribution in [2.75, 3.05) is 19.7 Å². The second-order valence-corrected chi connectivity index (χ2v) is 11.8. The molecule has 0 bridgehead atoms. The number of carbonyl (C=O) groups excluding carboxylic acids is 2. The van der Waals surface area contributed by atoms with Crippen LogP contribution in [-0.4, -0.2) is 61.5 Å². The minimum Gasteiger partial charge on any atom is -0.466 e. The number of sulfonamides is 1.